The highest BCUT2D eigenvalue weighted by atomic mass is 16.5. The van der Waals surface area contributed by atoms with Crippen molar-refractivity contribution in [1.29, 1.82) is 0 Å². The summed E-state index contributed by atoms with van der Waals surface area (Å²) >= 11 is 0. The lowest BCUT2D eigenvalue weighted by molar-refractivity contribution is -0.130. The van der Waals surface area contributed by atoms with E-state index in [0.29, 0.717) is 19.6 Å². The summed E-state index contributed by atoms with van der Waals surface area (Å²) in [4.78, 5) is 13.4. The molecule has 0 spiro atoms. The molecule has 0 heterocycles. The quantitative estimate of drug-likeness (QED) is 0.711. The highest BCUT2D eigenvalue weighted by molar-refractivity contribution is 5.75. The molecule has 1 aromatic carbocycles. The minimum Gasteiger partial charge on any atom is -0.492 e. The molecule has 4 heteroatoms. The maximum Gasteiger partial charge on any atom is 0.222 e. The zero-order valence-electron chi connectivity index (χ0n) is 11.2. The van der Waals surface area contributed by atoms with Gasteiger partial charge in [-0.2, -0.15) is 0 Å². The van der Waals surface area contributed by atoms with Gasteiger partial charge in [0.05, 0.1) is 6.54 Å². The lowest BCUT2D eigenvalue weighted by atomic mass is 10.3. The van der Waals surface area contributed by atoms with Gasteiger partial charge in [0, 0.05) is 13.5 Å². The van der Waals surface area contributed by atoms with E-state index in [1.54, 1.807) is 4.90 Å². The van der Waals surface area contributed by atoms with Gasteiger partial charge < -0.3 is 15.0 Å². The summed E-state index contributed by atoms with van der Waals surface area (Å²) in [5.41, 5.74) is 0. The second-order valence-electron chi connectivity index (χ2n) is 4.18. The maximum absolute atomic E-state index is 11.7. The van der Waals surface area contributed by atoms with Crippen molar-refractivity contribution in [3.8, 4) is 5.75 Å². The number of hydrogen-bond donors (Lipinski definition) is 1. The van der Waals surface area contributed by atoms with Gasteiger partial charge in [-0.1, -0.05) is 18.2 Å². The van der Waals surface area contributed by atoms with Crippen LogP contribution in [-0.2, 0) is 4.79 Å². The topological polar surface area (TPSA) is 41.6 Å². The van der Waals surface area contributed by atoms with Crippen molar-refractivity contribution in [2.45, 2.75) is 12.8 Å². The Morgan fingerprint density at radius 3 is 2.72 bits per heavy atom. The first kappa shape index (κ1) is 14.5. The molecule has 0 unspecified atom stereocenters. The summed E-state index contributed by atoms with van der Waals surface area (Å²) in [6, 6.07) is 9.64. The fraction of sp³-hybridized carbons (Fsp3) is 0.500. The molecule has 0 saturated heterocycles. The number of amides is 1. The Balaban J connectivity index is 2.16. The third-order valence-electron chi connectivity index (χ3n) is 2.68. The van der Waals surface area contributed by atoms with Crippen LogP contribution in [0.1, 0.15) is 12.8 Å². The van der Waals surface area contributed by atoms with Crippen molar-refractivity contribution in [3.05, 3.63) is 30.3 Å². The largest absolute Gasteiger partial charge is 0.492 e. The Kier molecular flexibility index (Phi) is 6.87. The molecule has 0 bridgehead atoms. The number of nitrogens with one attached hydrogen (secondary N) is 1. The fourth-order valence-corrected chi connectivity index (χ4v) is 1.55. The first-order valence-corrected chi connectivity index (χ1v) is 6.30. The number of para-hydroxylation sites is 1. The monoisotopic (exact) mass is 250 g/mol. The van der Waals surface area contributed by atoms with Crippen LogP contribution in [0.25, 0.3) is 0 Å². The van der Waals surface area contributed by atoms with Gasteiger partial charge in [0.2, 0.25) is 5.91 Å². The SMILES string of the molecule is CNCCCC(=O)N(C)CCOc1ccccc1. The summed E-state index contributed by atoms with van der Waals surface area (Å²) < 4.78 is 5.55. The highest BCUT2D eigenvalue weighted by Gasteiger charge is 2.07. The van der Waals surface area contributed by atoms with Crippen LogP contribution in [-0.4, -0.2) is 44.6 Å². The van der Waals surface area contributed by atoms with E-state index in [9.17, 15) is 4.79 Å². The molecule has 0 aliphatic rings. The van der Waals surface area contributed by atoms with E-state index in [1.165, 1.54) is 0 Å². The highest BCUT2D eigenvalue weighted by Crippen LogP contribution is 2.07. The predicted molar refractivity (Wildman–Crippen MR) is 72.7 cm³/mol. The van der Waals surface area contributed by atoms with E-state index >= 15 is 0 Å². The number of nitrogens with zero attached hydrogens (tertiary/aromatic N) is 1. The van der Waals surface area contributed by atoms with E-state index in [0.717, 1.165) is 18.7 Å². The third kappa shape index (κ3) is 5.68. The van der Waals surface area contributed by atoms with Crippen molar-refractivity contribution >= 4 is 5.91 Å². The van der Waals surface area contributed by atoms with E-state index < -0.39 is 0 Å². The van der Waals surface area contributed by atoms with Gasteiger partial charge in [-0.05, 0) is 32.1 Å². The summed E-state index contributed by atoms with van der Waals surface area (Å²) in [7, 11) is 3.71. The number of rotatable bonds is 8. The van der Waals surface area contributed by atoms with Crippen molar-refractivity contribution < 1.29 is 9.53 Å². The lowest BCUT2D eigenvalue weighted by Crippen LogP contribution is -2.31. The molecule has 0 aromatic heterocycles. The average Bonchev–Trinajstić information content (AvgIpc) is 2.40. The minimum atomic E-state index is 0.168. The number of carbonyl (C=O) groups excluding carboxylic acids is 1. The van der Waals surface area contributed by atoms with Crippen LogP contribution in [0.3, 0.4) is 0 Å². The minimum absolute atomic E-state index is 0.168. The zero-order chi connectivity index (χ0) is 13.2. The van der Waals surface area contributed by atoms with Crippen molar-refractivity contribution in [2.75, 3.05) is 33.8 Å². The molecule has 1 aromatic rings. The summed E-state index contributed by atoms with van der Waals surface area (Å²) in [5.74, 6) is 1.01. The molecule has 1 N–H and O–H groups in total. The zero-order valence-corrected chi connectivity index (χ0v) is 11.2. The average molecular weight is 250 g/mol. The van der Waals surface area contributed by atoms with Crippen LogP contribution in [0.15, 0.2) is 30.3 Å². The molecule has 0 saturated carbocycles. The molecular weight excluding hydrogens is 228 g/mol. The Bertz CT molecular complexity index is 341. The third-order valence-corrected chi connectivity index (χ3v) is 2.68. The first-order valence-electron chi connectivity index (χ1n) is 6.30. The van der Waals surface area contributed by atoms with Crippen LogP contribution in [0.4, 0.5) is 0 Å². The van der Waals surface area contributed by atoms with Crippen molar-refractivity contribution in [3.63, 3.8) is 0 Å². The van der Waals surface area contributed by atoms with Gasteiger partial charge in [0.1, 0.15) is 12.4 Å². The van der Waals surface area contributed by atoms with Gasteiger partial charge in [0.15, 0.2) is 0 Å². The number of ether oxygens (including phenoxy) is 1. The van der Waals surface area contributed by atoms with E-state index in [4.69, 9.17) is 4.74 Å². The Hall–Kier alpha value is -1.55. The lowest BCUT2D eigenvalue weighted by Gasteiger charge is -2.17. The molecule has 18 heavy (non-hydrogen) atoms. The number of likely N-dealkylation sites (N-methyl/N-ethyl adjacent to an activating group) is 1. The molecule has 0 fully saturated rings. The van der Waals surface area contributed by atoms with Crippen LogP contribution < -0.4 is 10.1 Å². The van der Waals surface area contributed by atoms with Crippen LogP contribution >= 0.6 is 0 Å². The normalized spacial score (nSPS) is 10.1. The first-order chi connectivity index (χ1) is 8.74. The summed E-state index contributed by atoms with van der Waals surface area (Å²) in [5, 5.41) is 3.03. The van der Waals surface area contributed by atoms with E-state index in [2.05, 4.69) is 5.32 Å². The molecule has 100 valence electrons. The van der Waals surface area contributed by atoms with Crippen LogP contribution in [0.5, 0.6) is 5.75 Å². The van der Waals surface area contributed by atoms with E-state index in [1.807, 2.05) is 44.4 Å². The molecule has 0 aliphatic carbocycles. The van der Waals surface area contributed by atoms with Crippen LogP contribution in [0.2, 0.25) is 0 Å². The second-order valence-corrected chi connectivity index (χ2v) is 4.18. The predicted octanol–water partition coefficient (Wildman–Crippen LogP) is 1.52. The maximum atomic E-state index is 11.7. The van der Waals surface area contributed by atoms with Crippen molar-refractivity contribution in [1.82, 2.24) is 10.2 Å². The molecule has 1 rings (SSSR count). The van der Waals surface area contributed by atoms with Gasteiger partial charge in [-0.3, -0.25) is 4.79 Å². The van der Waals surface area contributed by atoms with Gasteiger partial charge >= 0.3 is 0 Å². The Morgan fingerprint density at radius 1 is 1.33 bits per heavy atom. The Morgan fingerprint density at radius 2 is 2.06 bits per heavy atom. The van der Waals surface area contributed by atoms with Crippen LogP contribution in [0, 0.1) is 0 Å². The standard InChI is InChI=1S/C14H22N2O2/c1-15-10-6-9-14(17)16(2)11-12-18-13-7-4-3-5-8-13/h3-5,7-8,15H,6,9-12H2,1-2H3. The molecule has 0 radical (unpaired) electrons. The van der Waals surface area contributed by atoms with Gasteiger partial charge in [0.25, 0.3) is 0 Å². The molecule has 4 nitrogen and oxygen atoms in total. The molecule has 0 atom stereocenters. The smallest absolute Gasteiger partial charge is 0.222 e. The summed E-state index contributed by atoms with van der Waals surface area (Å²) in [6.07, 6.45) is 1.46. The van der Waals surface area contributed by atoms with Crippen molar-refractivity contribution in [2.24, 2.45) is 0 Å². The fourth-order valence-electron chi connectivity index (χ4n) is 1.55. The van der Waals surface area contributed by atoms with Gasteiger partial charge in [-0.25, -0.2) is 0 Å². The Labute approximate surface area is 109 Å². The number of benzene rings is 1. The molecule has 0 aliphatic heterocycles. The molecule has 1 amide bonds. The second kappa shape index (κ2) is 8.53. The van der Waals surface area contributed by atoms with Gasteiger partial charge in [-0.15, -0.1) is 0 Å². The number of carbonyl (C=O) groups is 1. The summed E-state index contributed by atoms with van der Waals surface area (Å²) in [6.45, 7) is 2.02. The van der Waals surface area contributed by atoms with E-state index in [-0.39, 0.29) is 5.91 Å². The molecular formula is C14H22N2O2. The number of hydrogen-bond acceptors (Lipinski definition) is 3.